The predicted octanol–water partition coefficient (Wildman–Crippen LogP) is 5.79. The first-order chi connectivity index (χ1) is 13.9. The molecule has 3 aromatic carbocycles. The van der Waals surface area contributed by atoms with E-state index in [1.807, 2.05) is 25.1 Å². The third-order valence-electron chi connectivity index (χ3n) is 4.68. The minimum absolute atomic E-state index is 0.179. The number of Topliss-reactive ketones (excluding diaryl/α,β-unsaturated/α-hetero) is 1. The molecule has 0 amide bonds. The number of hydrogen-bond donors (Lipinski definition) is 0. The van der Waals surface area contributed by atoms with Gasteiger partial charge in [0.25, 0.3) is 0 Å². The molecular weight excluding hydrogens is 388 g/mol. The van der Waals surface area contributed by atoms with Crippen LogP contribution in [0.5, 0.6) is 11.5 Å². The van der Waals surface area contributed by atoms with E-state index in [-0.39, 0.29) is 11.5 Å². The van der Waals surface area contributed by atoms with E-state index in [0.717, 1.165) is 5.56 Å². The standard InChI is InChI=1S/C24H17ClO4/c1-14-6-5-8-17(12-14)24(27)29-20-11-10-18-22(26)21(28-23(18)15(20)2)13-16-7-3-4-9-19(16)25/h3-13H,1-2H3/b21-13-. The van der Waals surface area contributed by atoms with Gasteiger partial charge in [0.15, 0.2) is 5.76 Å². The fraction of sp³-hybridized carbons (Fsp3) is 0.0833. The zero-order valence-corrected chi connectivity index (χ0v) is 16.6. The van der Waals surface area contributed by atoms with E-state index in [2.05, 4.69) is 0 Å². The van der Waals surface area contributed by atoms with Gasteiger partial charge in [0.1, 0.15) is 11.5 Å². The summed E-state index contributed by atoms with van der Waals surface area (Å²) in [5, 5.41) is 0.525. The van der Waals surface area contributed by atoms with Gasteiger partial charge in [-0.05, 0) is 55.8 Å². The molecule has 0 unspecified atom stereocenters. The summed E-state index contributed by atoms with van der Waals surface area (Å²) in [5.74, 6) is 0.218. The van der Waals surface area contributed by atoms with Crippen LogP contribution in [0.3, 0.4) is 0 Å². The van der Waals surface area contributed by atoms with Crippen LogP contribution in [-0.4, -0.2) is 11.8 Å². The van der Waals surface area contributed by atoms with E-state index in [0.29, 0.717) is 38.8 Å². The van der Waals surface area contributed by atoms with Crippen molar-refractivity contribution in [3.8, 4) is 11.5 Å². The third kappa shape index (κ3) is 3.67. The predicted molar refractivity (Wildman–Crippen MR) is 112 cm³/mol. The fourth-order valence-corrected chi connectivity index (χ4v) is 3.33. The lowest BCUT2D eigenvalue weighted by Gasteiger charge is -2.10. The van der Waals surface area contributed by atoms with Gasteiger partial charge in [0.05, 0.1) is 11.1 Å². The van der Waals surface area contributed by atoms with Gasteiger partial charge < -0.3 is 9.47 Å². The Labute approximate surface area is 173 Å². The molecule has 0 bridgehead atoms. The maximum atomic E-state index is 12.7. The molecule has 0 saturated carbocycles. The molecule has 29 heavy (non-hydrogen) atoms. The number of ether oxygens (including phenoxy) is 2. The van der Waals surface area contributed by atoms with Gasteiger partial charge in [0.2, 0.25) is 5.78 Å². The van der Waals surface area contributed by atoms with Gasteiger partial charge in [0, 0.05) is 10.6 Å². The summed E-state index contributed by atoms with van der Waals surface area (Å²) in [7, 11) is 0. The van der Waals surface area contributed by atoms with Gasteiger partial charge >= 0.3 is 5.97 Å². The Morgan fingerprint density at radius 2 is 1.83 bits per heavy atom. The average molecular weight is 405 g/mol. The van der Waals surface area contributed by atoms with Crippen molar-refractivity contribution in [2.24, 2.45) is 0 Å². The van der Waals surface area contributed by atoms with E-state index in [1.165, 1.54) is 0 Å². The van der Waals surface area contributed by atoms with Crippen LogP contribution in [-0.2, 0) is 0 Å². The highest BCUT2D eigenvalue weighted by Crippen LogP contribution is 2.39. The van der Waals surface area contributed by atoms with Crippen LogP contribution < -0.4 is 9.47 Å². The number of aryl methyl sites for hydroxylation is 1. The SMILES string of the molecule is Cc1cccc(C(=O)Oc2ccc3c(c2C)O/C(=C\c2ccccc2Cl)C3=O)c1. The lowest BCUT2D eigenvalue weighted by atomic mass is 10.1. The van der Waals surface area contributed by atoms with Crippen molar-refractivity contribution in [3.63, 3.8) is 0 Å². The van der Waals surface area contributed by atoms with Crippen molar-refractivity contribution in [1.29, 1.82) is 0 Å². The Hall–Kier alpha value is -3.37. The molecule has 0 aromatic heterocycles. The molecule has 1 aliphatic rings. The monoisotopic (exact) mass is 404 g/mol. The number of allylic oxidation sites excluding steroid dienone is 1. The number of rotatable bonds is 3. The van der Waals surface area contributed by atoms with Crippen molar-refractivity contribution in [2.75, 3.05) is 0 Å². The van der Waals surface area contributed by atoms with Gasteiger partial charge in [-0.1, -0.05) is 47.5 Å². The highest BCUT2D eigenvalue weighted by atomic mass is 35.5. The molecule has 1 aliphatic heterocycles. The first-order valence-corrected chi connectivity index (χ1v) is 9.43. The molecule has 3 aromatic rings. The first-order valence-electron chi connectivity index (χ1n) is 9.05. The summed E-state index contributed by atoms with van der Waals surface area (Å²) in [6.07, 6.45) is 1.61. The van der Waals surface area contributed by atoms with E-state index in [4.69, 9.17) is 21.1 Å². The molecular formula is C24H17ClO4. The lowest BCUT2D eigenvalue weighted by Crippen LogP contribution is -2.09. The second-order valence-electron chi connectivity index (χ2n) is 6.79. The molecule has 4 rings (SSSR count). The van der Waals surface area contributed by atoms with Crippen molar-refractivity contribution in [3.05, 3.63) is 99.3 Å². The Balaban J connectivity index is 1.63. The Morgan fingerprint density at radius 3 is 2.59 bits per heavy atom. The highest BCUT2D eigenvalue weighted by Gasteiger charge is 2.30. The van der Waals surface area contributed by atoms with Crippen LogP contribution in [0.2, 0.25) is 5.02 Å². The van der Waals surface area contributed by atoms with E-state index < -0.39 is 5.97 Å². The molecule has 0 N–H and O–H groups in total. The minimum atomic E-state index is -0.465. The summed E-state index contributed by atoms with van der Waals surface area (Å²) in [6.45, 7) is 3.66. The average Bonchev–Trinajstić information content (AvgIpc) is 3.02. The first kappa shape index (κ1) is 19.0. The number of carbonyl (C=O) groups excluding carboxylic acids is 2. The molecule has 0 spiro atoms. The number of ketones is 1. The van der Waals surface area contributed by atoms with Crippen LogP contribution in [0, 0.1) is 13.8 Å². The zero-order chi connectivity index (χ0) is 20.5. The van der Waals surface area contributed by atoms with Crippen LogP contribution >= 0.6 is 11.6 Å². The van der Waals surface area contributed by atoms with E-state index in [1.54, 1.807) is 55.5 Å². The second kappa shape index (κ2) is 7.57. The summed E-state index contributed by atoms with van der Waals surface area (Å²) >= 11 is 6.18. The molecule has 144 valence electrons. The summed E-state index contributed by atoms with van der Waals surface area (Å²) < 4.78 is 11.4. The third-order valence-corrected chi connectivity index (χ3v) is 5.03. The Kier molecular flexibility index (Phi) is 4.95. The summed E-state index contributed by atoms with van der Waals surface area (Å²) in [5.41, 5.74) is 3.12. The lowest BCUT2D eigenvalue weighted by molar-refractivity contribution is 0.0733. The molecule has 0 atom stereocenters. The van der Waals surface area contributed by atoms with E-state index in [9.17, 15) is 9.59 Å². The molecule has 0 radical (unpaired) electrons. The number of fused-ring (bicyclic) bond motifs is 1. The second-order valence-corrected chi connectivity index (χ2v) is 7.19. The molecule has 5 heteroatoms. The molecule has 1 heterocycles. The van der Waals surface area contributed by atoms with Gasteiger partial charge in [-0.3, -0.25) is 4.79 Å². The van der Waals surface area contributed by atoms with Crippen LogP contribution in [0.4, 0.5) is 0 Å². The quantitative estimate of drug-likeness (QED) is 0.315. The molecule has 0 saturated heterocycles. The van der Waals surface area contributed by atoms with Crippen LogP contribution in [0.15, 0.2) is 66.4 Å². The molecule has 0 fully saturated rings. The number of hydrogen-bond acceptors (Lipinski definition) is 4. The maximum Gasteiger partial charge on any atom is 0.343 e. The molecule has 4 nitrogen and oxygen atoms in total. The van der Waals surface area contributed by atoms with E-state index >= 15 is 0 Å². The van der Waals surface area contributed by atoms with Gasteiger partial charge in [-0.15, -0.1) is 0 Å². The number of halogens is 1. The van der Waals surface area contributed by atoms with Crippen molar-refractivity contribution < 1.29 is 19.1 Å². The van der Waals surface area contributed by atoms with Crippen LogP contribution in [0.25, 0.3) is 6.08 Å². The van der Waals surface area contributed by atoms with Crippen molar-refractivity contribution >= 4 is 29.4 Å². The number of esters is 1. The normalized spacial score (nSPS) is 13.9. The van der Waals surface area contributed by atoms with Crippen molar-refractivity contribution in [2.45, 2.75) is 13.8 Å². The Morgan fingerprint density at radius 1 is 1.03 bits per heavy atom. The Bertz CT molecular complexity index is 1180. The number of benzene rings is 3. The fourth-order valence-electron chi connectivity index (χ4n) is 3.14. The summed E-state index contributed by atoms with van der Waals surface area (Å²) in [6, 6.07) is 17.6. The van der Waals surface area contributed by atoms with Crippen molar-refractivity contribution in [1.82, 2.24) is 0 Å². The molecule has 0 aliphatic carbocycles. The summed E-state index contributed by atoms with van der Waals surface area (Å²) in [4.78, 5) is 25.2. The minimum Gasteiger partial charge on any atom is -0.452 e. The number of carbonyl (C=O) groups is 2. The highest BCUT2D eigenvalue weighted by molar-refractivity contribution is 6.32. The zero-order valence-electron chi connectivity index (χ0n) is 15.9. The largest absolute Gasteiger partial charge is 0.452 e. The van der Waals surface area contributed by atoms with Gasteiger partial charge in [-0.2, -0.15) is 0 Å². The maximum absolute atomic E-state index is 12.7. The topological polar surface area (TPSA) is 52.6 Å². The van der Waals surface area contributed by atoms with Crippen LogP contribution in [0.1, 0.15) is 37.4 Å². The smallest absolute Gasteiger partial charge is 0.343 e. The van der Waals surface area contributed by atoms with Gasteiger partial charge in [-0.25, -0.2) is 4.79 Å².